The molecule has 0 saturated carbocycles. The topological polar surface area (TPSA) is 73.1 Å². The van der Waals surface area contributed by atoms with E-state index in [4.69, 9.17) is 0 Å². The van der Waals surface area contributed by atoms with Crippen LogP contribution in [0.4, 0.5) is 11.4 Å². The van der Waals surface area contributed by atoms with E-state index in [2.05, 4.69) is 21.7 Å². The summed E-state index contributed by atoms with van der Waals surface area (Å²) in [7, 11) is 2.15. The smallest absolute Gasteiger partial charge is 0.269 e. The lowest BCUT2D eigenvalue weighted by Gasteiger charge is -2.46. The van der Waals surface area contributed by atoms with Gasteiger partial charge in [-0.15, -0.1) is 0 Å². The zero-order valence-electron chi connectivity index (χ0n) is 15.1. The van der Waals surface area contributed by atoms with E-state index in [1.807, 2.05) is 13.0 Å². The number of aryl methyl sites for hydroxylation is 1. The van der Waals surface area contributed by atoms with Crippen molar-refractivity contribution in [1.29, 1.82) is 0 Å². The molecule has 7 nitrogen and oxygen atoms in total. The average Bonchev–Trinajstić information content (AvgIpc) is 2.62. The van der Waals surface area contributed by atoms with Crippen molar-refractivity contribution >= 4 is 11.4 Å². The molecule has 1 N–H and O–H groups in total. The number of rotatable bonds is 4. The summed E-state index contributed by atoms with van der Waals surface area (Å²) in [6.07, 6.45) is 1.02. The predicted octanol–water partition coefficient (Wildman–Crippen LogP) is 1.34. The molecule has 7 heteroatoms. The van der Waals surface area contributed by atoms with Gasteiger partial charge in [0.2, 0.25) is 0 Å². The average molecular weight is 348 g/mol. The normalized spacial score (nSPS) is 26.0. The maximum absolute atomic E-state index is 10.9. The van der Waals surface area contributed by atoms with Crippen molar-refractivity contribution in [3.05, 3.63) is 33.9 Å². The lowest BCUT2D eigenvalue weighted by Crippen LogP contribution is -2.57. The van der Waals surface area contributed by atoms with Gasteiger partial charge >= 0.3 is 0 Å². The summed E-state index contributed by atoms with van der Waals surface area (Å²) in [5.41, 5.74) is 2.09. The Labute approximate surface area is 149 Å². The number of nitro benzene ring substituents is 1. The number of aliphatic hydroxyl groups excluding tert-OH is 1. The first-order chi connectivity index (χ1) is 12.0. The van der Waals surface area contributed by atoms with Gasteiger partial charge in [0, 0.05) is 75.7 Å². The third kappa shape index (κ3) is 3.94. The molecule has 2 fully saturated rings. The second kappa shape index (κ2) is 7.68. The Morgan fingerprint density at radius 3 is 2.56 bits per heavy atom. The van der Waals surface area contributed by atoms with Crippen LogP contribution in [0.25, 0.3) is 0 Å². The number of hydrogen-bond donors (Lipinski definition) is 1. The first-order valence-corrected chi connectivity index (χ1v) is 9.03. The minimum absolute atomic E-state index is 0.132. The summed E-state index contributed by atoms with van der Waals surface area (Å²) < 4.78 is 0. The van der Waals surface area contributed by atoms with Crippen LogP contribution in [0.1, 0.15) is 12.0 Å². The van der Waals surface area contributed by atoms with Crippen LogP contribution in [-0.4, -0.2) is 78.8 Å². The van der Waals surface area contributed by atoms with Crippen molar-refractivity contribution < 1.29 is 10.0 Å². The van der Waals surface area contributed by atoms with Crippen LogP contribution in [0.5, 0.6) is 0 Å². The Balaban J connectivity index is 1.70. The lowest BCUT2D eigenvalue weighted by atomic mass is 9.90. The number of non-ortho nitro benzene ring substituents is 1. The van der Waals surface area contributed by atoms with Crippen molar-refractivity contribution in [2.45, 2.75) is 19.4 Å². The molecule has 2 aliphatic rings. The van der Waals surface area contributed by atoms with Gasteiger partial charge in [-0.3, -0.25) is 15.0 Å². The highest BCUT2D eigenvalue weighted by molar-refractivity contribution is 5.57. The van der Waals surface area contributed by atoms with Gasteiger partial charge in [0.1, 0.15) is 0 Å². The van der Waals surface area contributed by atoms with Crippen molar-refractivity contribution in [3.63, 3.8) is 0 Å². The van der Waals surface area contributed by atoms with Gasteiger partial charge in [-0.25, -0.2) is 0 Å². The fraction of sp³-hybridized carbons (Fsp3) is 0.667. The summed E-state index contributed by atoms with van der Waals surface area (Å²) >= 11 is 0. The molecule has 0 aliphatic carbocycles. The third-order valence-corrected chi connectivity index (χ3v) is 5.67. The molecule has 2 unspecified atom stereocenters. The standard InChI is InChI=1S/C18H28N4O3/c1-14-11-16(22(24)25)3-4-17(14)21-6-5-18(15(12-21)13-23)20-9-7-19(2)8-10-20/h3-4,11,15,18,23H,5-10,12-13H2,1-2H3. The molecule has 0 spiro atoms. The highest BCUT2D eigenvalue weighted by atomic mass is 16.6. The largest absolute Gasteiger partial charge is 0.396 e. The SMILES string of the molecule is Cc1cc([N+](=O)[O-])ccc1N1CCC(N2CCN(C)CC2)C(CO)C1. The van der Waals surface area contributed by atoms with Crippen molar-refractivity contribution in [2.24, 2.45) is 5.92 Å². The van der Waals surface area contributed by atoms with Gasteiger partial charge < -0.3 is 14.9 Å². The van der Waals surface area contributed by atoms with E-state index < -0.39 is 0 Å². The molecule has 138 valence electrons. The Kier molecular flexibility index (Phi) is 5.56. The minimum Gasteiger partial charge on any atom is -0.396 e. The number of aliphatic hydroxyl groups is 1. The summed E-state index contributed by atoms with van der Waals surface area (Å²) in [4.78, 5) is 17.7. The van der Waals surface area contributed by atoms with E-state index in [9.17, 15) is 15.2 Å². The predicted molar refractivity (Wildman–Crippen MR) is 98.1 cm³/mol. The van der Waals surface area contributed by atoms with Crippen LogP contribution >= 0.6 is 0 Å². The van der Waals surface area contributed by atoms with E-state index in [-0.39, 0.29) is 23.1 Å². The molecule has 1 aromatic rings. The molecule has 2 heterocycles. The second-order valence-corrected chi connectivity index (χ2v) is 7.31. The fourth-order valence-corrected chi connectivity index (χ4v) is 4.16. The Morgan fingerprint density at radius 2 is 1.96 bits per heavy atom. The van der Waals surface area contributed by atoms with Crippen LogP contribution in [0.15, 0.2) is 18.2 Å². The van der Waals surface area contributed by atoms with Gasteiger partial charge in [-0.2, -0.15) is 0 Å². The summed E-state index contributed by atoms with van der Waals surface area (Å²) in [6, 6.07) is 5.48. The lowest BCUT2D eigenvalue weighted by molar-refractivity contribution is -0.384. The molecular formula is C18H28N4O3. The van der Waals surface area contributed by atoms with E-state index in [1.54, 1.807) is 12.1 Å². The Morgan fingerprint density at radius 1 is 1.24 bits per heavy atom. The van der Waals surface area contributed by atoms with Crippen LogP contribution in [0.2, 0.25) is 0 Å². The quantitative estimate of drug-likeness (QED) is 0.654. The highest BCUT2D eigenvalue weighted by Gasteiger charge is 2.34. The molecule has 25 heavy (non-hydrogen) atoms. The first-order valence-electron chi connectivity index (χ1n) is 9.03. The molecule has 1 aromatic carbocycles. The monoisotopic (exact) mass is 348 g/mol. The Bertz CT molecular complexity index is 616. The molecule has 2 saturated heterocycles. The summed E-state index contributed by atoms with van der Waals surface area (Å²) in [5, 5.41) is 20.9. The van der Waals surface area contributed by atoms with Crippen molar-refractivity contribution in [2.75, 3.05) is 57.8 Å². The number of nitrogens with zero attached hydrogens (tertiary/aromatic N) is 4. The van der Waals surface area contributed by atoms with Gasteiger partial charge in [0.15, 0.2) is 0 Å². The summed E-state index contributed by atoms with van der Waals surface area (Å²) in [5.74, 6) is 0.215. The number of likely N-dealkylation sites (N-methyl/N-ethyl adjacent to an activating group) is 1. The molecular weight excluding hydrogens is 320 g/mol. The maximum Gasteiger partial charge on any atom is 0.269 e. The zero-order chi connectivity index (χ0) is 18.0. The van der Waals surface area contributed by atoms with Crippen LogP contribution < -0.4 is 4.90 Å². The first kappa shape index (κ1) is 18.1. The van der Waals surface area contributed by atoms with Crippen LogP contribution in [0, 0.1) is 23.0 Å². The molecule has 0 bridgehead atoms. The van der Waals surface area contributed by atoms with Gasteiger partial charge in [0.05, 0.1) is 4.92 Å². The zero-order valence-corrected chi connectivity index (χ0v) is 15.1. The number of nitro groups is 1. The summed E-state index contributed by atoms with van der Waals surface area (Å²) in [6.45, 7) is 8.11. The van der Waals surface area contributed by atoms with Crippen LogP contribution in [0.3, 0.4) is 0 Å². The van der Waals surface area contributed by atoms with Crippen molar-refractivity contribution in [3.8, 4) is 0 Å². The Hall–Kier alpha value is -1.70. The van der Waals surface area contributed by atoms with E-state index in [1.165, 1.54) is 0 Å². The number of hydrogen-bond acceptors (Lipinski definition) is 6. The fourth-order valence-electron chi connectivity index (χ4n) is 4.16. The third-order valence-electron chi connectivity index (χ3n) is 5.67. The van der Waals surface area contributed by atoms with Gasteiger partial charge in [0.25, 0.3) is 5.69 Å². The highest BCUT2D eigenvalue weighted by Crippen LogP contribution is 2.30. The molecule has 3 rings (SSSR count). The number of anilines is 1. The number of piperidine rings is 1. The number of benzene rings is 1. The van der Waals surface area contributed by atoms with E-state index in [0.29, 0.717) is 6.04 Å². The molecule has 0 amide bonds. The molecule has 0 aromatic heterocycles. The van der Waals surface area contributed by atoms with E-state index in [0.717, 1.165) is 56.9 Å². The van der Waals surface area contributed by atoms with Crippen LogP contribution in [-0.2, 0) is 0 Å². The minimum atomic E-state index is -0.354. The van der Waals surface area contributed by atoms with E-state index >= 15 is 0 Å². The molecule has 0 radical (unpaired) electrons. The molecule has 2 aliphatic heterocycles. The van der Waals surface area contributed by atoms with Gasteiger partial charge in [-0.1, -0.05) is 0 Å². The second-order valence-electron chi connectivity index (χ2n) is 7.31. The van der Waals surface area contributed by atoms with Gasteiger partial charge in [-0.05, 0) is 32.0 Å². The molecule has 2 atom stereocenters. The maximum atomic E-state index is 10.9. The number of piperazine rings is 1. The van der Waals surface area contributed by atoms with Crippen molar-refractivity contribution in [1.82, 2.24) is 9.80 Å².